The predicted octanol–water partition coefficient (Wildman–Crippen LogP) is 4.46. The molecule has 6 heteroatoms. The summed E-state index contributed by atoms with van der Waals surface area (Å²) in [6.07, 6.45) is 5.08. The van der Waals surface area contributed by atoms with Crippen molar-refractivity contribution in [2.24, 2.45) is 5.10 Å². The quantitative estimate of drug-likeness (QED) is 0.498. The first kappa shape index (κ1) is 18.8. The highest BCUT2D eigenvalue weighted by Gasteiger charge is 2.06. The van der Waals surface area contributed by atoms with E-state index in [2.05, 4.69) is 56.8 Å². The number of unbranched alkanes of at least 4 members (excludes halogenated alkanes) is 1. The summed E-state index contributed by atoms with van der Waals surface area (Å²) in [4.78, 5) is 8.55. The number of rotatable bonds is 7. The van der Waals surface area contributed by atoms with Crippen LogP contribution in [0.25, 0.3) is 5.82 Å². The lowest BCUT2D eigenvalue weighted by molar-refractivity contribution is 0.795. The van der Waals surface area contributed by atoms with Gasteiger partial charge in [-0.25, -0.2) is 14.6 Å². The van der Waals surface area contributed by atoms with Crippen LogP contribution in [0.1, 0.15) is 49.2 Å². The van der Waals surface area contributed by atoms with E-state index in [0.717, 1.165) is 29.1 Å². The number of hydrogen-bond acceptors (Lipinski definition) is 5. The molecule has 2 aromatic heterocycles. The fourth-order valence-electron chi connectivity index (χ4n) is 2.88. The molecule has 0 radical (unpaired) electrons. The Bertz CT molecular complexity index is 924. The highest BCUT2D eigenvalue weighted by atomic mass is 15.3. The second-order valence-electron chi connectivity index (χ2n) is 6.71. The first-order valence-electron chi connectivity index (χ1n) is 9.32. The molecule has 0 spiro atoms. The van der Waals surface area contributed by atoms with Gasteiger partial charge in [0.2, 0.25) is 0 Å². The topological polar surface area (TPSA) is 68.0 Å². The standard InChI is InChI=1S/C21H26N6/c1-5-6-7-18-8-10-19(11-9-18)17(4)24-25-20-13-21(23-14-22-20)27-16(3)12-15(2)26-27/h8-14H,5-7H2,1-4H3,(H,22,23,25)/b24-17-. The van der Waals surface area contributed by atoms with Crippen LogP contribution in [0.15, 0.2) is 47.8 Å². The molecule has 1 N–H and O–H groups in total. The van der Waals surface area contributed by atoms with E-state index in [1.54, 1.807) is 4.68 Å². The van der Waals surface area contributed by atoms with Crippen LogP contribution in [0.2, 0.25) is 0 Å². The second kappa shape index (κ2) is 8.58. The average Bonchev–Trinajstić information content (AvgIpc) is 3.03. The minimum atomic E-state index is 0.631. The molecule has 2 heterocycles. The number of aromatic nitrogens is 4. The molecule has 0 bridgehead atoms. The van der Waals surface area contributed by atoms with E-state index >= 15 is 0 Å². The molecule has 3 aromatic rings. The summed E-state index contributed by atoms with van der Waals surface area (Å²) in [6, 6.07) is 12.4. The van der Waals surface area contributed by atoms with E-state index < -0.39 is 0 Å². The van der Waals surface area contributed by atoms with Crippen LogP contribution < -0.4 is 5.43 Å². The summed E-state index contributed by atoms with van der Waals surface area (Å²) in [5.41, 5.74) is 8.37. The van der Waals surface area contributed by atoms with E-state index in [1.165, 1.54) is 24.7 Å². The van der Waals surface area contributed by atoms with Gasteiger partial charge in [0.15, 0.2) is 11.6 Å². The number of hydrogen-bond donors (Lipinski definition) is 1. The molecule has 0 aliphatic rings. The smallest absolute Gasteiger partial charge is 0.159 e. The fraction of sp³-hybridized carbons (Fsp3) is 0.333. The monoisotopic (exact) mass is 362 g/mol. The number of hydrazone groups is 1. The number of anilines is 1. The van der Waals surface area contributed by atoms with Gasteiger partial charge in [-0.2, -0.15) is 10.2 Å². The van der Waals surface area contributed by atoms with Crippen LogP contribution in [-0.2, 0) is 6.42 Å². The maximum atomic E-state index is 4.47. The normalized spacial score (nSPS) is 11.6. The fourth-order valence-corrected chi connectivity index (χ4v) is 2.88. The van der Waals surface area contributed by atoms with Gasteiger partial charge < -0.3 is 0 Å². The minimum absolute atomic E-state index is 0.631. The summed E-state index contributed by atoms with van der Waals surface area (Å²) >= 11 is 0. The van der Waals surface area contributed by atoms with E-state index in [-0.39, 0.29) is 0 Å². The lowest BCUT2D eigenvalue weighted by Crippen LogP contribution is -2.05. The Balaban J connectivity index is 1.71. The minimum Gasteiger partial charge on any atom is -0.261 e. The third kappa shape index (κ3) is 4.78. The van der Waals surface area contributed by atoms with Gasteiger partial charge in [-0.15, -0.1) is 0 Å². The lowest BCUT2D eigenvalue weighted by Gasteiger charge is -2.07. The molecule has 140 valence electrons. The van der Waals surface area contributed by atoms with Crippen molar-refractivity contribution in [1.29, 1.82) is 0 Å². The van der Waals surface area contributed by atoms with E-state index in [1.807, 2.05) is 32.9 Å². The maximum absolute atomic E-state index is 4.47. The van der Waals surface area contributed by atoms with Gasteiger partial charge in [0, 0.05) is 11.8 Å². The van der Waals surface area contributed by atoms with Crippen molar-refractivity contribution in [2.75, 3.05) is 5.43 Å². The summed E-state index contributed by atoms with van der Waals surface area (Å²) in [6.45, 7) is 8.16. The Morgan fingerprint density at radius 2 is 1.89 bits per heavy atom. The molecule has 27 heavy (non-hydrogen) atoms. The maximum Gasteiger partial charge on any atom is 0.159 e. The van der Waals surface area contributed by atoms with Crippen molar-refractivity contribution in [3.05, 3.63) is 65.2 Å². The Hall–Kier alpha value is -3.02. The van der Waals surface area contributed by atoms with Gasteiger partial charge in [0.25, 0.3) is 0 Å². The third-order valence-corrected chi connectivity index (χ3v) is 4.41. The SMILES string of the molecule is CCCCc1ccc(/C(C)=N\Nc2cc(-n3nc(C)cc3C)ncn2)cc1. The molecule has 0 aliphatic heterocycles. The molecule has 0 amide bonds. The van der Waals surface area contributed by atoms with E-state index in [4.69, 9.17) is 0 Å². The molecule has 0 saturated carbocycles. The summed E-state index contributed by atoms with van der Waals surface area (Å²) in [5.74, 6) is 1.35. The Morgan fingerprint density at radius 1 is 1.11 bits per heavy atom. The van der Waals surface area contributed by atoms with Crippen molar-refractivity contribution < 1.29 is 0 Å². The van der Waals surface area contributed by atoms with Gasteiger partial charge in [-0.05, 0) is 50.8 Å². The van der Waals surface area contributed by atoms with Crippen LogP contribution in [0.4, 0.5) is 5.82 Å². The van der Waals surface area contributed by atoms with Gasteiger partial charge >= 0.3 is 0 Å². The van der Waals surface area contributed by atoms with Crippen LogP contribution in [0, 0.1) is 13.8 Å². The molecule has 0 aliphatic carbocycles. The molecule has 0 unspecified atom stereocenters. The Kier molecular flexibility index (Phi) is 5.96. The predicted molar refractivity (Wildman–Crippen MR) is 110 cm³/mol. The van der Waals surface area contributed by atoms with E-state index in [9.17, 15) is 0 Å². The largest absolute Gasteiger partial charge is 0.261 e. The third-order valence-electron chi connectivity index (χ3n) is 4.41. The van der Waals surface area contributed by atoms with Crippen LogP contribution in [0.3, 0.4) is 0 Å². The highest BCUT2D eigenvalue weighted by molar-refractivity contribution is 5.99. The zero-order valence-electron chi connectivity index (χ0n) is 16.4. The zero-order valence-corrected chi connectivity index (χ0v) is 16.4. The lowest BCUT2D eigenvalue weighted by atomic mass is 10.0. The molecule has 0 fully saturated rings. The molecular formula is C21H26N6. The number of nitrogens with one attached hydrogen (secondary N) is 1. The van der Waals surface area contributed by atoms with Crippen molar-refractivity contribution in [3.63, 3.8) is 0 Å². The van der Waals surface area contributed by atoms with Crippen LogP contribution >= 0.6 is 0 Å². The molecule has 6 nitrogen and oxygen atoms in total. The summed E-state index contributed by atoms with van der Waals surface area (Å²) < 4.78 is 1.80. The van der Waals surface area contributed by atoms with Crippen molar-refractivity contribution in [3.8, 4) is 5.82 Å². The molecule has 0 saturated heterocycles. The van der Waals surface area contributed by atoms with Crippen molar-refractivity contribution >= 4 is 11.5 Å². The Morgan fingerprint density at radius 3 is 2.56 bits per heavy atom. The van der Waals surface area contributed by atoms with Crippen LogP contribution in [0.5, 0.6) is 0 Å². The molecule has 1 aromatic carbocycles. The second-order valence-corrected chi connectivity index (χ2v) is 6.71. The van der Waals surface area contributed by atoms with Gasteiger partial charge in [-0.1, -0.05) is 37.6 Å². The van der Waals surface area contributed by atoms with E-state index in [0.29, 0.717) is 11.6 Å². The van der Waals surface area contributed by atoms with Gasteiger partial charge in [0.1, 0.15) is 6.33 Å². The van der Waals surface area contributed by atoms with Crippen LogP contribution in [-0.4, -0.2) is 25.5 Å². The summed E-state index contributed by atoms with van der Waals surface area (Å²) in [5, 5.41) is 8.92. The summed E-state index contributed by atoms with van der Waals surface area (Å²) in [7, 11) is 0. The molecule has 0 atom stereocenters. The van der Waals surface area contributed by atoms with Gasteiger partial charge in [0.05, 0.1) is 11.4 Å². The average molecular weight is 362 g/mol. The Labute approximate surface area is 160 Å². The number of benzene rings is 1. The van der Waals surface area contributed by atoms with Crippen molar-refractivity contribution in [1.82, 2.24) is 19.7 Å². The number of nitrogens with zero attached hydrogens (tertiary/aromatic N) is 5. The molecule has 3 rings (SSSR count). The van der Waals surface area contributed by atoms with Crippen molar-refractivity contribution in [2.45, 2.75) is 47.0 Å². The first-order valence-corrected chi connectivity index (χ1v) is 9.32. The van der Waals surface area contributed by atoms with Gasteiger partial charge in [-0.3, -0.25) is 5.43 Å². The highest BCUT2D eigenvalue weighted by Crippen LogP contribution is 2.13. The number of aryl methyl sites for hydroxylation is 3. The first-order chi connectivity index (χ1) is 13.1. The zero-order chi connectivity index (χ0) is 19.2. The molecular weight excluding hydrogens is 336 g/mol.